The topological polar surface area (TPSA) is 41.1 Å². The molecule has 2 rings (SSSR count). The maximum atomic E-state index is 11.7. The summed E-state index contributed by atoms with van der Waals surface area (Å²) in [6.45, 7) is 6.83. The summed E-state index contributed by atoms with van der Waals surface area (Å²) in [7, 11) is 0. The Bertz CT molecular complexity index is 277. The van der Waals surface area contributed by atoms with E-state index in [0.29, 0.717) is 18.5 Å². The Hall–Kier alpha value is -0.570. The van der Waals surface area contributed by atoms with Crippen molar-refractivity contribution in [2.75, 3.05) is 6.54 Å². The van der Waals surface area contributed by atoms with Crippen LogP contribution in [0, 0.1) is 17.8 Å². The van der Waals surface area contributed by atoms with E-state index >= 15 is 0 Å². The fraction of sp³-hybridized carbons (Fsp3) is 0.929. The summed E-state index contributed by atoms with van der Waals surface area (Å²) in [4.78, 5) is 11.7. The molecule has 2 saturated carbocycles. The van der Waals surface area contributed by atoms with Crippen LogP contribution in [0.4, 0.5) is 0 Å². The Morgan fingerprint density at radius 2 is 2.00 bits per heavy atom. The smallest absolute Gasteiger partial charge is 0.234 e. The third-order valence-electron chi connectivity index (χ3n) is 4.65. The van der Waals surface area contributed by atoms with E-state index in [0.717, 1.165) is 11.8 Å². The van der Waals surface area contributed by atoms with E-state index in [2.05, 4.69) is 31.4 Å². The normalized spacial score (nSPS) is 33.1. The largest absolute Gasteiger partial charge is 0.352 e. The summed E-state index contributed by atoms with van der Waals surface area (Å²) >= 11 is 0. The van der Waals surface area contributed by atoms with E-state index in [1.54, 1.807) is 0 Å². The first-order chi connectivity index (χ1) is 8.06. The molecular formula is C14H26N2O. The lowest BCUT2D eigenvalue weighted by Gasteiger charge is -2.23. The lowest BCUT2D eigenvalue weighted by atomic mass is 9.95. The minimum absolute atomic E-state index is 0.147. The number of hydrogen-bond acceptors (Lipinski definition) is 2. The first kappa shape index (κ1) is 12.9. The average Bonchev–Trinajstić information content (AvgIpc) is 2.87. The molecule has 1 amide bonds. The van der Waals surface area contributed by atoms with Gasteiger partial charge in [0.15, 0.2) is 0 Å². The minimum atomic E-state index is 0.147. The van der Waals surface area contributed by atoms with E-state index in [1.807, 2.05) is 0 Å². The molecule has 2 N–H and O–H groups in total. The van der Waals surface area contributed by atoms with Crippen molar-refractivity contribution >= 4 is 5.91 Å². The molecule has 0 aromatic heterocycles. The molecule has 17 heavy (non-hydrogen) atoms. The van der Waals surface area contributed by atoms with Gasteiger partial charge in [0.05, 0.1) is 6.54 Å². The zero-order chi connectivity index (χ0) is 12.4. The van der Waals surface area contributed by atoms with Crippen LogP contribution in [0.15, 0.2) is 0 Å². The molecule has 0 aromatic rings. The molecule has 4 atom stereocenters. The maximum absolute atomic E-state index is 11.7. The lowest BCUT2D eigenvalue weighted by Crippen LogP contribution is -2.45. The van der Waals surface area contributed by atoms with Crippen molar-refractivity contribution in [2.24, 2.45) is 17.8 Å². The predicted octanol–water partition coefficient (Wildman–Crippen LogP) is 1.93. The van der Waals surface area contributed by atoms with Crippen LogP contribution >= 0.6 is 0 Å². The second-order valence-corrected chi connectivity index (χ2v) is 6.26. The van der Waals surface area contributed by atoms with Crippen molar-refractivity contribution in [3.63, 3.8) is 0 Å². The molecule has 2 aliphatic rings. The van der Waals surface area contributed by atoms with Crippen molar-refractivity contribution in [3.05, 3.63) is 0 Å². The van der Waals surface area contributed by atoms with Gasteiger partial charge in [0.25, 0.3) is 0 Å². The Morgan fingerprint density at radius 1 is 1.24 bits per heavy atom. The highest BCUT2D eigenvalue weighted by Crippen LogP contribution is 2.44. The molecule has 0 spiro atoms. The number of nitrogens with one attached hydrogen (secondary N) is 2. The van der Waals surface area contributed by atoms with E-state index in [-0.39, 0.29) is 11.9 Å². The summed E-state index contributed by atoms with van der Waals surface area (Å²) in [6.07, 6.45) is 5.46. The van der Waals surface area contributed by atoms with Crippen molar-refractivity contribution < 1.29 is 4.79 Å². The molecule has 3 nitrogen and oxygen atoms in total. The van der Waals surface area contributed by atoms with Gasteiger partial charge in [-0.15, -0.1) is 0 Å². The number of carbonyl (C=O) groups is 1. The highest BCUT2D eigenvalue weighted by molar-refractivity contribution is 5.78. The molecule has 0 radical (unpaired) electrons. The molecule has 0 aliphatic heterocycles. The van der Waals surface area contributed by atoms with E-state index < -0.39 is 0 Å². The number of amides is 1. The molecule has 0 saturated heterocycles. The van der Waals surface area contributed by atoms with Gasteiger partial charge in [-0.05, 0) is 43.9 Å². The molecule has 2 bridgehead atoms. The highest BCUT2D eigenvalue weighted by Gasteiger charge is 2.39. The quantitative estimate of drug-likeness (QED) is 0.768. The average molecular weight is 238 g/mol. The van der Waals surface area contributed by atoms with E-state index in [4.69, 9.17) is 0 Å². The van der Waals surface area contributed by atoms with Gasteiger partial charge in [-0.25, -0.2) is 0 Å². The first-order valence-corrected chi connectivity index (χ1v) is 7.09. The van der Waals surface area contributed by atoms with Crippen molar-refractivity contribution in [3.8, 4) is 0 Å². The molecule has 3 heteroatoms. The Labute approximate surface area is 105 Å². The van der Waals surface area contributed by atoms with Gasteiger partial charge in [0.2, 0.25) is 5.91 Å². The molecule has 0 aromatic carbocycles. The Morgan fingerprint density at radius 3 is 2.53 bits per heavy atom. The van der Waals surface area contributed by atoms with Gasteiger partial charge >= 0.3 is 0 Å². The maximum Gasteiger partial charge on any atom is 0.234 e. The van der Waals surface area contributed by atoms with Crippen LogP contribution in [0.2, 0.25) is 0 Å². The van der Waals surface area contributed by atoms with Crippen LogP contribution in [0.3, 0.4) is 0 Å². The van der Waals surface area contributed by atoms with Crippen LogP contribution in [0.1, 0.15) is 46.5 Å². The van der Waals surface area contributed by atoms with Gasteiger partial charge in [-0.2, -0.15) is 0 Å². The molecule has 0 heterocycles. The van der Waals surface area contributed by atoms with Crippen molar-refractivity contribution in [2.45, 2.75) is 58.5 Å². The molecular weight excluding hydrogens is 212 g/mol. The van der Waals surface area contributed by atoms with Gasteiger partial charge in [-0.1, -0.05) is 20.3 Å². The summed E-state index contributed by atoms with van der Waals surface area (Å²) in [6, 6.07) is 0.873. The monoisotopic (exact) mass is 238 g/mol. The third-order valence-corrected chi connectivity index (χ3v) is 4.65. The van der Waals surface area contributed by atoms with Crippen LogP contribution < -0.4 is 10.6 Å². The Balaban J connectivity index is 1.66. The number of carbonyl (C=O) groups excluding carboxylic acids is 1. The predicted molar refractivity (Wildman–Crippen MR) is 69.7 cm³/mol. The zero-order valence-corrected chi connectivity index (χ0v) is 11.3. The van der Waals surface area contributed by atoms with Gasteiger partial charge in [0.1, 0.15) is 0 Å². The van der Waals surface area contributed by atoms with Gasteiger partial charge < -0.3 is 10.6 Å². The summed E-state index contributed by atoms with van der Waals surface area (Å²) in [5.74, 6) is 2.43. The minimum Gasteiger partial charge on any atom is -0.352 e. The summed E-state index contributed by atoms with van der Waals surface area (Å²) in [5.41, 5.74) is 0. The highest BCUT2D eigenvalue weighted by atomic mass is 16.1. The van der Waals surface area contributed by atoms with Gasteiger partial charge in [0, 0.05) is 12.1 Å². The Kier molecular flexibility index (Phi) is 4.08. The zero-order valence-electron chi connectivity index (χ0n) is 11.3. The second kappa shape index (κ2) is 5.38. The molecule has 2 fully saturated rings. The van der Waals surface area contributed by atoms with Crippen molar-refractivity contribution in [1.82, 2.24) is 10.6 Å². The molecule has 98 valence electrons. The first-order valence-electron chi connectivity index (χ1n) is 7.09. The van der Waals surface area contributed by atoms with E-state index in [1.165, 1.54) is 25.7 Å². The third kappa shape index (κ3) is 3.21. The standard InChI is InChI=1S/C14H26N2O/c1-9(2)10(3)16-14(17)8-15-13-7-11-4-5-12(13)6-11/h9-13,15H,4-8H2,1-3H3,(H,16,17). The van der Waals surface area contributed by atoms with Gasteiger partial charge in [-0.3, -0.25) is 4.79 Å². The lowest BCUT2D eigenvalue weighted by molar-refractivity contribution is -0.121. The molecule has 4 unspecified atom stereocenters. The fourth-order valence-corrected chi connectivity index (χ4v) is 3.19. The fourth-order valence-electron chi connectivity index (χ4n) is 3.19. The SMILES string of the molecule is CC(C)C(C)NC(=O)CNC1CC2CCC1C2. The molecule has 2 aliphatic carbocycles. The number of hydrogen-bond donors (Lipinski definition) is 2. The van der Waals surface area contributed by atoms with Crippen LogP contribution in [-0.2, 0) is 4.79 Å². The van der Waals surface area contributed by atoms with Crippen LogP contribution in [-0.4, -0.2) is 24.5 Å². The summed E-state index contributed by atoms with van der Waals surface area (Å²) < 4.78 is 0. The van der Waals surface area contributed by atoms with E-state index in [9.17, 15) is 4.79 Å². The number of fused-ring (bicyclic) bond motifs is 2. The van der Waals surface area contributed by atoms with Crippen LogP contribution in [0.5, 0.6) is 0 Å². The number of rotatable bonds is 5. The second-order valence-electron chi connectivity index (χ2n) is 6.26. The van der Waals surface area contributed by atoms with Crippen LogP contribution in [0.25, 0.3) is 0 Å². The van der Waals surface area contributed by atoms with Crippen molar-refractivity contribution in [1.29, 1.82) is 0 Å². The summed E-state index contributed by atoms with van der Waals surface area (Å²) in [5, 5.41) is 6.49.